The van der Waals surface area contributed by atoms with E-state index in [1.807, 2.05) is 0 Å². The van der Waals surface area contributed by atoms with Crippen LogP contribution in [-0.4, -0.2) is 23.7 Å². The van der Waals surface area contributed by atoms with E-state index in [9.17, 15) is 19.7 Å². The number of nitro groups is 1. The molecule has 0 N–H and O–H groups in total. The molecule has 0 aliphatic heterocycles. The summed E-state index contributed by atoms with van der Waals surface area (Å²) >= 11 is 0. The first-order valence-electron chi connectivity index (χ1n) is 5.50. The summed E-state index contributed by atoms with van der Waals surface area (Å²) in [6.07, 6.45) is 0. The van der Waals surface area contributed by atoms with Crippen LogP contribution in [0.4, 0.5) is 5.69 Å². The number of rotatable bonds is 5. The predicted molar refractivity (Wildman–Crippen MR) is 64.3 cm³/mol. The van der Waals surface area contributed by atoms with E-state index in [-0.39, 0.29) is 17.2 Å². The summed E-state index contributed by atoms with van der Waals surface area (Å²) in [6.45, 7) is 2.83. The molecule has 1 aromatic rings. The van der Waals surface area contributed by atoms with E-state index < -0.39 is 23.7 Å². The molecule has 0 fully saturated rings. The molecule has 0 atom stereocenters. The number of hydrogen-bond donors (Lipinski definition) is 0. The fourth-order valence-corrected chi connectivity index (χ4v) is 1.11. The van der Waals surface area contributed by atoms with Gasteiger partial charge in [0.2, 0.25) is 6.79 Å². The number of esters is 2. The SMILES string of the molecule is CC(C)C(=O)OCOC(=O)c1ccc([N+](=O)[O-])cc1. The molecular formula is C12H13NO6. The second-order valence-electron chi connectivity index (χ2n) is 3.97. The number of ether oxygens (including phenoxy) is 2. The lowest BCUT2D eigenvalue weighted by atomic mass is 10.2. The van der Waals surface area contributed by atoms with Gasteiger partial charge in [-0.25, -0.2) is 4.79 Å². The van der Waals surface area contributed by atoms with Gasteiger partial charge in [0.1, 0.15) is 0 Å². The highest BCUT2D eigenvalue weighted by Crippen LogP contribution is 2.12. The van der Waals surface area contributed by atoms with E-state index in [4.69, 9.17) is 4.74 Å². The van der Waals surface area contributed by atoms with Gasteiger partial charge in [-0.2, -0.15) is 0 Å². The predicted octanol–water partition coefficient (Wildman–Crippen LogP) is 1.91. The smallest absolute Gasteiger partial charge is 0.341 e. The van der Waals surface area contributed by atoms with Crippen molar-refractivity contribution >= 4 is 17.6 Å². The molecule has 0 unspecified atom stereocenters. The van der Waals surface area contributed by atoms with Crippen molar-refractivity contribution in [3.8, 4) is 0 Å². The first kappa shape index (κ1) is 14.6. The molecule has 1 aromatic carbocycles. The Labute approximate surface area is 109 Å². The monoisotopic (exact) mass is 267 g/mol. The van der Waals surface area contributed by atoms with Gasteiger partial charge in [0.25, 0.3) is 5.69 Å². The first-order valence-corrected chi connectivity index (χ1v) is 5.50. The van der Waals surface area contributed by atoms with E-state index in [1.54, 1.807) is 13.8 Å². The average Bonchev–Trinajstić information content (AvgIpc) is 2.38. The molecule has 0 heterocycles. The van der Waals surface area contributed by atoms with Crippen LogP contribution in [0.25, 0.3) is 0 Å². The lowest BCUT2D eigenvalue weighted by Crippen LogP contribution is -2.16. The number of benzene rings is 1. The van der Waals surface area contributed by atoms with Crippen LogP contribution >= 0.6 is 0 Å². The van der Waals surface area contributed by atoms with Crippen LogP contribution in [0.3, 0.4) is 0 Å². The Kier molecular flexibility index (Phi) is 4.99. The number of carbonyl (C=O) groups is 2. The van der Waals surface area contributed by atoms with E-state index in [0.29, 0.717) is 0 Å². The zero-order chi connectivity index (χ0) is 14.4. The number of carbonyl (C=O) groups excluding carboxylic acids is 2. The maximum absolute atomic E-state index is 11.5. The third-order valence-corrected chi connectivity index (χ3v) is 2.18. The number of nitrogens with zero attached hydrogens (tertiary/aromatic N) is 1. The minimum Gasteiger partial charge on any atom is -0.428 e. The van der Waals surface area contributed by atoms with E-state index in [2.05, 4.69) is 4.74 Å². The zero-order valence-electron chi connectivity index (χ0n) is 10.5. The van der Waals surface area contributed by atoms with Crippen molar-refractivity contribution in [1.82, 2.24) is 0 Å². The number of nitro benzene ring substituents is 1. The lowest BCUT2D eigenvalue weighted by Gasteiger charge is -2.07. The van der Waals surface area contributed by atoms with E-state index >= 15 is 0 Å². The molecule has 19 heavy (non-hydrogen) atoms. The summed E-state index contributed by atoms with van der Waals surface area (Å²) < 4.78 is 9.36. The molecule has 1 rings (SSSR count). The maximum Gasteiger partial charge on any atom is 0.341 e. The Morgan fingerprint density at radius 1 is 1.21 bits per heavy atom. The standard InChI is InChI=1S/C12H13NO6/c1-8(2)11(14)18-7-19-12(15)9-3-5-10(6-4-9)13(16)17/h3-6,8H,7H2,1-2H3. The molecule has 7 heteroatoms. The molecule has 0 radical (unpaired) electrons. The van der Waals surface area contributed by atoms with Crippen molar-refractivity contribution in [3.05, 3.63) is 39.9 Å². The van der Waals surface area contributed by atoms with Gasteiger partial charge < -0.3 is 9.47 Å². The molecule has 0 aliphatic carbocycles. The highest BCUT2D eigenvalue weighted by molar-refractivity contribution is 5.89. The van der Waals surface area contributed by atoms with Gasteiger partial charge in [-0.3, -0.25) is 14.9 Å². The first-order chi connectivity index (χ1) is 8.91. The third-order valence-electron chi connectivity index (χ3n) is 2.18. The average molecular weight is 267 g/mol. The van der Waals surface area contributed by atoms with Crippen molar-refractivity contribution in [3.63, 3.8) is 0 Å². The number of non-ortho nitro benzene ring substituents is 1. The highest BCUT2D eigenvalue weighted by atomic mass is 16.7. The number of hydrogen-bond acceptors (Lipinski definition) is 6. The minimum absolute atomic E-state index is 0.122. The van der Waals surface area contributed by atoms with Crippen molar-refractivity contribution in [2.45, 2.75) is 13.8 Å². The zero-order valence-corrected chi connectivity index (χ0v) is 10.5. The van der Waals surface area contributed by atoms with Crippen LogP contribution in [0.15, 0.2) is 24.3 Å². The summed E-state index contributed by atoms with van der Waals surface area (Å²) in [5, 5.41) is 10.4. The van der Waals surface area contributed by atoms with Gasteiger partial charge in [-0.05, 0) is 12.1 Å². The van der Waals surface area contributed by atoms with Crippen molar-refractivity contribution in [2.24, 2.45) is 5.92 Å². The Balaban J connectivity index is 2.50. The largest absolute Gasteiger partial charge is 0.428 e. The fourth-order valence-electron chi connectivity index (χ4n) is 1.11. The molecule has 0 saturated heterocycles. The molecule has 7 nitrogen and oxygen atoms in total. The quantitative estimate of drug-likeness (QED) is 0.350. The summed E-state index contributed by atoms with van der Waals surface area (Å²) in [6, 6.07) is 4.92. The van der Waals surface area contributed by atoms with E-state index in [1.165, 1.54) is 24.3 Å². The van der Waals surface area contributed by atoms with Crippen LogP contribution in [-0.2, 0) is 14.3 Å². The molecule has 0 aromatic heterocycles. The molecule has 0 spiro atoms. The normalized spacial score (nSPS) is 10.1. The Morgan fingerprint density at radius 2 is 1.79 bits per heavy atom. The van der Waals surface area contributed by atoms with Gasteiger partial charge in [-0.15, -0.1) is 0 Å². The van der Waals surface area contributed by atoms with E-state index in [0.717, 1.165) is 0 Å². The highest BCUT2D eigenvalue weighted by Gasteiger charge is 2.12. The third kappa shape index (κ3) is 4.38. The van der Waals surface area contributed by atoms with Crippen molar-refractivity contribution in [2.75, 3.05) is 6.79 Å². The van der Waals surface area contributed by atoms with Crippen LogP contribution in [0, 0.1) is 16.0 Å². The molecule has 0 bridgehead atoms. The van der Waals surface area contributed by atoms with Gasteiger partial charge in [0.15, 0.2) is 0 Å². The fraction of sp³-hybridized carbons (Fsp3) is 0.333. The molecule has 0 amide bonds. The minimum atomic E-state index is -0.716. The summed E-state index contributed by atoms with van der Waals surface area (Å²) in [7, 11) is 0. The van der Waals surface area contributed by atoms with Crippen LogP contribution in [0.5, 0.6) is 0 Å². The van der Waals surface area contributed by atoms with Crippen LogP contribution < -0.4 is 0 Å². The van der Waals surface area contributed by atoms with Gasteiger partial charge in [-0.1, -0.05) is 13.8 Å². The second kappa shape index (κ2) is 6.48. The Bertz CT molecular complexity index is 479. The van der Waals surface area contributed by atoms with Gasteiger partial charge >= 0.3 is 11.9 Å². The topological polar surface area (TPSA) is 95.7 Å². The van der Waals surface area contributed by atoms with Gasteiger partial charge in [0.05, 0.1) is 16.4 Å². The Morgan fingerprint density at radius 3 is 2.26 bits per heavy atom. The molecule has 0 saturated carbocycles. The summed E-state index contributed by atoms with van der Waals surface area (Å²) in [5.74, 6) is -1.50. The van der Waals surface area contributed by atoms with Crippen molar-refractivity contribution < 1.29 is 24.0 Å². The molecular weight excluding hydrogens is 254 g/mol. The summed E-state index contributed by atoms with van der Waals surface area (Å²) in [4.78, 5) is 32.4. The van der Waals surface area contributed by atoms with Crippen molar-refractivity contribution in [1.29, 1.82) is 0 Å². The summed E-state index contributed by atoms with van der Waals surface area (Å²) in [5.41, 5.74) is 0.0222. The molecule has 0 aliphatic rings. The van der Waals surface area contributed by atoms with Crippen LogP contribution in [0.1, 0.15) is 24.2 Å². The molecule has 102 valence electrons. The maximum atomic E-state index is 11.5. The lowest BCUT2D eigenvalue weighted by molar-refractivity contribution is -0.384. The second-order valence-corrected chi connectivity index (χ2v) is 3.97. The Hall–Kier alpha value is -2.44. The van der Waals surface area contributed by atoms with Gasteiger partial charge in [0, 0.05) is 12.1 Å². The van der Waals surface area contributed by atoms with Crippen LogP contribution in [0.2, 0.25) is 0 Å².